The quantitative estimate of drug-likeness (QED) is 0.646. The zero-order valence-electron chi connectivity index (χ0n) is 14.0. The highest BCUT2D eigenvalue weighted by Crippen LogP contribution is 2.27. The molecular weight excluding hydrogens is 308 g/mol. The summed E-state index contributed by atoms with van der Waals surface area (Å²) in [6.07, 6.45) is 0.580. The maximum Gasteiger partial charge on any atom is 0.270 e. The van der Waals surface area contributed by atoms with E-state index in [1.807, 2.05) is 32.0 Å². The lowest BCUT2D eigenvalue weighted by Crippen LogP contribution is -2.21. The smallest absolute Gasteiger partial charge is 0.270 e. The average Bonchev–Trinajstić information content (AvgIpc) is 2.55. The largest absolute Gasteiger partial charge is 0.483 e. The fourth-order valence-electron chi connectivity index (χ4n) is 2.44. The molecule has 2 aromatic rings. The third kappa shape index (κ3) is 4.10. The first-order valence-electron chi connectivity index (χ1n) is 7.68. The zero-order valence-corrected chi connectivity index (χ0v) is 14.0. The van der Waals surface area contributed by atoms with E-state index in [-0.39, 0.29) is 18.2 Å². The molecule has 0 aliphatic heterocycles. The number of nitro groups is 1. The third-order valence-corrected chi connectivity index (χ3v) is 3.71. The van der Waals surface area contributed by atoms with Crippen molar-refractivity contribution >= 4 is 17.3 Å². The van der Waals surface area contributed by atoms with Crippen molar-refractivity contribution in [1.29, 1.82) is 0 Å². The third-order valence-electron chi connectivity index (χ3n) is 3.71. The van der Waals surface area contributed by atoms with Crippen molar-refractivity contribution in [2.24, 2.45) is 0 Å². The molecule has 2 rings (SSSR count). The maximum absolute atomic E-state index is 12.2. The molecule has 0 radical (unpaired) electrons. The van der Waals surface area contributed by atoms with E-state index in [0.717, 1.165) is 11.1 Å². The van der Waals surface area contributed by atoms with Crippen LogP contribution in [-0.4, -0.2) is 17.4 Å². The Morgan fingerprint density at radius 3 is 2.54 bits per heavy atom. The minimum Gasteiger partial charge on any atom is -0.483 e. The van der Waals surface area contributed by atoms with Crippen LogP contribution in [0.3, 0.4) is 0 Å². The van der Waals surface area contributed by atoms with Crippen LogP contribution in [0.4, 0.5) is 11.4 Å². The van der Waals surface area contributed by atoms with E-state index >= 15 is 0 Å². The van der Waals surface area contributed by atoms with E-state index in [0.29, 0.717) is 23.4 Å². The summed E-state index contributed by atoms with van der Waals surface area (Å²) >= 11 is 0. The van der Waals surface area contributed by atoms with Crippen LogP contribution in [0, 0.1) is 24.0 Å². The standard InChI is InChI=1S/C18H20N2O4/c1-4-14-10-15(20(22)23)9-13(3)18(14)19-17(21)11-24-16-8-6-5-7-12(16)2/h5-10H,4,11H2,1-3H3,(H,19,21). The summed E-state index contributed by atoms with van der Waals surface area (Å²) in [5.41, 5.74) is 2.97. The molecule has 6 heteroatoms. The van der Waals surface area contributed by atoms with Crippen LogP contribution in [-0.2, 0) is 11.2 Å². The van der Waals surface area contributed by atoms with Crippen molar-refractivity contribution in [3.8, 4) is 5.75 Å². The van der Waals surface area contributed by atoms with Gasteiger partial charge in [0.2, 0.25) is 0 Å². The van der Waals surface area contributed by atoms with Crippen LogP contribution in [0.1, 0.15) is 23.6 Å². The molecule has 0 aromatic heterocycles. The Morgan fingerprint density at radius 1 is 1.21 bits per heavy atom. The van der Waals surface area contributed by atoms with Crippen LogP contribution in [0.5, 0.6) is 5.75 Å². The lowest BCUT2D eigenvalue weighted by Gasteiger charge is -2.14. The second kappa shape index (κ2) is 7.59. The topological polar surface area (TPSA) is 81.5 Å². The molecule has 6 nitrogen and oxygen atoms in total. The fraction of sp³-hybridized carbons (Fsp3) is 0.278. The summed E-state index contributed by atoms with van der Waals surface area (Å²) in [6, 6.07) is 10.4. The van der Waals surface area contributed by atoms with Gasteiger partial charge in [0.1, 0.15) is 5.75 Å². The van der Waals surface area contributed by atoms with Crippen molar-refractivity contribution in [1.82, 2.24) is 0 Å². The number of nitrogens with one attached hydrogen (secondary N) is 1. The normalized spacial score (nSPS) is 10.3. The van der Waals surface area contributed by atoms with E-state index in [4.69, 9.17) is 4.74 Å². The predicted molar refractivity (Wildman–Crippen MR) is 92.5 cm³/mol. The van der Waals surface area contributed by atoms with Gasteiger partial charge in [-0.15, -0.1) is 0 Å². The lowest BCUT2D eigenvalue weighted by molar-refractivity contribution is -0.384. The first-order valence-corrected chi connectivity index (χ1v) is 7.68. The first-order chi connectivity index (χ1) is 11.4. The number of ether oxygens (including phenoxy) is 1. The van der Waals surface area contributed by atoms with Crippen molar-refractivity contribution in [3.63, 3.8) is 0 Å². The van der Waals surface area contributed by atoms with Gasteiger partial charge < -0.3 is 10.1 Å². The molecule has 0 aliphatic carbocycles. The number of anilines is 1. The molecule has 0 atom stereocenters. The van der Waals surface area contributed by atoms with Crippen molar-refractivity contribution in [2.75, 3.05) is 11.9 Å². The number of nitrogens with zero attached hydrogens (tertiary/aromatic N) is 1. The maximum atomic E-state index is 12.2. The molecule has 0 unspecified atom stereocenters. The minimum absolute atomic E-state index is 0.0264. The number of non-ortho nitro benzene ring substituents is 1. The highest BCUT2D eigenvalue weighted by Gasteiger charge is 2.15. The molecule has 0 heterocycles. The summed E-state index contributed by atoms with van der Waals surface area (Å²) in [7, 11) is 0. The number of rotatable bonds is 6. The molecule has 0 fully saturated rings. The zero-order chi connectivity index (χ0) is 17.7. The van der Waals surface area contributed by atoms with E-state index < -0.39 is 4.92 Å². The molecule has 1 amide bonds. The number of benzene rings is 2. The van der Waals surface area contributed by atoms with Crippen molar-refractivity contribution in [2.45, 2.75) is 27.2 Å². The van der Waals surface area contributed by atoms with Crippen LogP contribution < -0.4 is 10.1 Å². The Morgan fingerprint density at radius 2 is 1.92 bits per heavy atom. The molecule has 1 N–H and O–H groups in total. The van der Waals surface area contributed by atoms with Crippen molar-refractivity contribution < 1.29 is 14.5 Å². The van der Waals surface area contributed by atoms with Gasteiger partial charge >= 0.3 is 0 Å². The lowest BCUT2D eigenvalue weighted by atomic mass is 10.0. The summed E-state index contributed by atoms with van der Waals surface area (Å²) in [5, 5.41) is 13.7. The second-order valence-electron chi connectivity index (χ2n) is 5.51. The Balaban J connectivity index is 2.11. The van der Waals surface area contributed by atoms with Crippen LogP contribution in [0.25, 0.3) is 0 Å². The summed E-state index contributed by atoms with van der Waals surface area (Å²) in [5.74, 6) is 0.355. The number of carbonyl (C=O) groups excluding carboxylic acids is 1. The predicted octanol–water partition coefficient (Wildman–Crippen LogP) is 3.79. The number of aryl methyl sites for hydroxylation is 3. The summed E-state index contributed by atoms with van der Waals surface area (Å²) < 4.78 is 5.53. The van der Waals surface area contributed by atoms with Gasteiger partial charge in [0.15, 0.2) is 6.61 Å². The monoisotopic (exact) mass is 328 g/mol. The van der Waals surface area contributed by atoms with Crippen molar-refractivity contribution in [3.05, 3.63) is 63.2 Å². The molecule has 24 heavy (non-hydrogen) atoms. The van der Waals surface area contributed by atoms with Gasteiger partial charge in [-0.1, -0.05) is 25.1 Å². The van der Waals surface area contributed by atoms with Crippen LogP contribution in [0.2, 0.25) is 0 Å². The molecular formula is C18H20N2O4. The fourth-order valence-corrected chi connectivity index (χ4v) is 2.44. The summed E-state index contributed by atoms with van der Waals surface area (Å²) in [4.78, 5) is 22.7. The SMILES string of the molecule is CCc1cc([N+](=O)[O-])cc(C)c1NC(=O)COc1ccccc1C. The van der Waals surface area contributed by atoms with Gasteiger partial charge in [0.05, 0.1) is 4.92 Å². The van der Waals surface area contributed by atoms with Gasteiger partial charge in [0, 0.05) is 17.8 Å². The molecule has 0 saturated heterocycles. The number of amides is 1. The molecule has 0 spiro atoms. The Bertz CT molecular complexity index is 772. The van der Waals surface area contributed by atoms with Gasteiger partial charge in [-0.25, -0.2) is 0 Å². The van der Waals surface area contributed by atoms with Crippen LogP contribution >= 0.6 is 0 Å². The average molecular weight is 328 g/mol. The number of hydrogen-bond acceptors (Lipinski definition) is 4. The second-order valence-corrected chi connectivity index (χ2v) is 5.51. The molecule has 0 bridgehead atoms. The summed E-state index contributed by atoms with van der Waals surface area (Å²) in [6.45, 7) is 5.41. The van der Waals surface area contributed by atoms with E-state index in [9.17, 15) is 14.9 Å². The van der Waals surface area contributed by atoms with Crippen LogP contribution in [0.15, 0.2) is 36.4 Å². The molecule has 0 saturated carbocycles. The van der Waals surface area contributed by atoms with Gasteiger partial charge in [-0.05, 0) is 43.0 Å². The highest BCUT2D eigenvalue weighted by molar-refractivity contribution is 5.93. The Labute approximate surface area is 140 Å². The van der Waals surface area contributed by atoms with E-state index in [1.54, 1.807) is 13.0 Å². The highest BCUT2D eigenvalue weighted by atomic mass is 16.6. The van der Waals surface area contributed by atoms with E-state index in [2.05, 4.69) is 5.32 Å². The number of para-hydroxylation sites is 1. The molecule has 0 aliphatic rings. The van der Waals surface area contributed by atoms with Gasteiger partial charge in [-0.3, -0.25) is 14.9 Å². The molecule has 2 aromatic carbocycles. The number of carbonyl (C=O) groups is 1. The Hall–Kier alpha value is -2.89. The molecule has 126 valence electrons. The van der Waals surface area contributed by atoms with Gasteiger partial charge in [-0.2, -0.15) is 0 Å². The number of nitro benzene ring substituents is 1. The van der Waals surface area contributed by atoms with E-state index in [1.165, 1.54) is 12.1 Å². The number of hydrogen-bond donors (Lipinski definition) is 1. The minimum atomic E-state index is -0.431. The Kier molecular flexibility index (Phi) is 5.52. The first kappa shape index (κ1) is 17.5. The van der Waals surface area contributed by atoms with Gasteiger partial charge in [0.25, 0.3) is 11.6 Å².